The Kier molecular flexibility index (Phi) is 3.13. The lowest BCUT2D eigenvalue weighted by atomic mass is 9.76. The van der Waals surface area contributed by atoms with Gasteiger partial charge in [-0.25, -0.2) is 0 Å². The van der Waals surface area contributed by atoms with E-state index < -0.39 is 17.3 Å². The maximum Gasteiger partial charge on any atom is 0.416 e. The van der Waals surface area contributed by atoms with E-state index in [1.165, 1.54) is 12.3 Å². The second-order valence-corrected chi connectivity index (χ2v) is 5.50. The van der Waals surface area contributed by atoms with Gasteiger partial charge in [-0.2, -0.15) is 13.2 Å². The molecule has 0 fully saturated rings. The van der Waals surface area contributed by atoms with Crippen molar-refractivity contribution in [1.29, 1.82) is 0 Å². The number of hydrogen-bond acceptors (Lipinski definition) is 2. The van der Waals surface area contributed by atoms with Gasteiger partial charge in [0, 0.05) is 12.0 Å². The number of benzene rings is 1. The van der Waals surface area contributed by atoms with E-state index in [0.29, 0.717) is 28.9 Å². The molecule has 1 atom stereocenters. The minimum atomic E-state index is -4.38. The Labute approximate surface area is 120 Å². The molecule has 1 N–H and O–H groups in total. The van der Waals surface area contributed by atoms with Crippen LogP contribution in [-0.2, 0) is 18.2 Å². The smallest absolute Gasteiger partial charge is 0.416 e. The summed E-state index contributed by atoms with van der Waals surface area (Å²) in [4.78, 5) is 0. The molecular formula is C16H15F3O2. The lowest BCUT2D eigenvalue weighted by Crippen LogP contribution is -2.32. The molecule has 1 aromatic carbocycles. The highest BCUT2D eigenvalue weighted by molar-refractivity contribution is 5.44. The van der Waals surface area contributed by atoms with E-state index >= 15 is 0 Å². The van der Waals surface area contributed by atoms with Crippen LogP contribution in [0.4, 0.5) is 13.2 Å². The fourth-order valence-corrected chi connectivity index (χ4v) is 3.13. The number of alkyl halides is 3. The second-order valence-electron chi connectivity index (χ2n) is 5.50. The molecule has 0 saturated carbocycles. The first kappa shape index (κ1) is 14.2. The molecule has 0 radical (unpaired) electrons. The van der Waals surface area contributed by atoms with Crippen molar-refractivity contribution in [1.82, 2.24) is 0 Å². The molecule has 1 aliphatic rings. The zero-order chi connectivity index (χ0) is 15.3. The van der Waals surface area contributed by atoms with E-state index in [-0.39, 0.29) is 0 Å². The number of hydrogen-bond donors (Lipinski definition) is 1. The molecule has 112 valence electrons. The first-order valence-corrected chi connectivity index (χ1v) is 6.80. The first-order chi connectivity index (χ1) is 9.82. The highest BCUT2D eigenvalue weighted by Crippen LogP contribution is 2.43. The Hall–Kier alpha value is -1.75. The van der Waals surface area contributed by atoms with Crippen molar-refractivity contribution in [2.24, 2.45) is 0 Å². The van der Waals surface area contributed by atoms with E-state index in [0.717, 1.165) is 25.0 Å². The third-order valence-electron chi connectivity index (χ3n) is 4.13. The Morgan fingerprint density at radius 1 is 1.19 bits per heavy atom. The number of rotatable bonds is 1. The number of fused-ring (bicyclic) bond motifs is 1. The molecule has 0 bridgehead atoms. The summed E-state index contributed by atoms with van der Waals surface area (Å²) in [5.74, 6) is 0.711. The maximum absolute atomic E-state index is 12.7. The third kappa shape index (κ3) is 2.25. The molecule has 1 aromatic heterocycles. The number of aliphatic hydroxyl groups is 1. The molecule has 3 rings (SSSR count). The first-order valence-electron chi connectivity index (χ1n) is 6.80. The van der Waals surface area contributed by atoms with Gasteiger partial charge in [0.25, 0.3) is 0 Å². The summed E-state index contributed by atoms with van der Waals surface area (Å²) in [7, 11) is 0. The zero-order valence-corrected chi connectivity index (χ0v) is 11.5. The van der Waals surface area contributed by atoms with E-state index in [1.54, 1.807) is 13.0 Å². The third-order valence-corrected chi connectivity index (χ3v) is 4.13. The quantitative estimate of drug-likeness (QED) is 0.856. The van der Waals surface area contributed by atoms with Crippen LogP contribution in [0.25, 0.3) is 0 Å². The lowest BCUT2D eigenvalue weighted by molar-refractivity contribution is -0.137. The van der Waals surface area contributed by atoms with Crippen molar-refractivity contribution < 1.29 is 22.7 Å². The summed E-state index contributed by atoms with van der Waals surface area (Å²) < 4.78 is 43.6. The molecular weight excluding hydrogens is 281 g/mol. The van der Waals surface area contributed by atoms with Crippen LogP contribution in [0.2, 0.25) is 0 Å². The monoisotopic (exact) mass is 296 g/mol. The van der Waals surface area contributed by atoms with Gasteiger partial charge in [-0.15, -0.1) is 0 Å². The predicted octanol–water partition coefficient (Wildman–Crippen LogP) is 4.18. The normalized spacial score (nSPS) is 22.1. The SMILES string of the molecule is Cc1cc(C(F)(F)F)ccc1C1(O)CCCc2occc21. The average molecular weight is 296 g/mol. The van der Waals surface area contributed by atoms with Gasteiger partial charge < -0.3 is 9.52 Å². The van der Waals surface area contributed by atoms with Crippen LogP contribution in [0.15, 0.2) is 34.9 Å². The Morgan fingerprint density at radius 2 is 1.95 bits per heavy atom. The van der Waals surface area contributed by atoms with Gasteiger partial charge in [0.05, 0.1) is 11.8 Å². The molecule has 2 aromatic rings. The van der Waals surface area contributed by atoms with Crippen LogP contribution in [-0.4, -0.2) is 5.11 Å². The van der Waals surface area contributed by atoms with Crippen LogP contribution in [0.1, 0.15) is 40.9 Å². The highest BCUT2D eigenvalue weighted by Gasteiger charge is 2.40. The summed E-state index contributed by atoms with van der Waals surface area (Å²) >= 11 is 0. The Morgan fingerprint density at radius 3 is 2.62 bits per heavy atom. The molecule has 1 aliphatic carbocycles. The minimum Gasteiger partial charge on any atom is -0.469 e. The van der Waals surface area contributed by atoms with Crippen LogP contribution in [0, 0.1) is 6.92 Å². The van der Waals surface area contributed by atoms with E-state index in [9.17, 15) is 18.3 Å². The van der Waals surface area contributed by atoms with Crippen molar-refractivity contribution in [3.05, 3.63) is 58.5 Å². The molecule has 5 heteroatoms. The lowest BCUT2D eigenvalue weighted by Gasteiger charge is -2.33. The molecule has 0 amide bonds. The molecule has 0 saturated heterocycles. The number of furan rings is 1. The fourth-order valence-electron chi connectivity index (χ4n) is 3.13. The molecule has 2 nitrogen and oxygen atoms in total. The standard InChI is InChI=1S/C16H15F3O2/c1-10-9-11(16(17,18)19)4-5-12(10)15(20)7-2-3-14-13(15)6-8-21-14/h4-6,8-9,20H,2-3,7H2,1H3. The van der Waals surface area contributed by atoms with Gasteiger partial charge in [-0.3, -0.25) is 0 Å². The van der Waals surface area contributed by atoms with Gasteiger partial charge in [-0.1, -0.05) is 6.07 Å². The zero-order valence-electron chi connectivity index (χ0n) is 11.5. The van der Waals surface area contributed by atoms with Crippen molar-refractivity contribution in [3.63, 3.8) is 0 Å². The van der Waals surface area contributed by atoms with Gasteiger partial charge in [0.1, 0.15) is 11.4 Å². The van der Waals surface area contributed by atoms with Crippen molar-refractivity contribution >= 4 is 0 Å². The Balaban J connectivity index is 2.10. The predicted molar refractivity (Wildman–Crippen MR) is 70.8 cm³/mol. The average Bonchev–Trinajstić information content (AvgIpc) is 2.87. The van der Waals surface area contributed by atoms with E-state index in [1.807, 2.05) is 0 Å². The largest absolute Gasteiger partial charge is 0.469 e. The van der Waals surface area contributed by atoms with Crippen molar-refractivity contribution in [3.8, 4) is 0 Å². The van der Waals surface area contributed by atoms with Crippen LogP contribution in [0.3, 0.4) is 0 Å². The van der Waals surface area contributed by atoms with E-state index in [2.05, 4.69) is 0 Å². The molecule has 0 aliphatic heterocycles. The highest BCUT2D eigenvalue weighted by atomic mass is 19.4. The summed E-state index contributed by atoms with van der Waals surface area (Å²) in [6, 6.07) is 5.18. The topological polar surface area (TPSA) is 33.4 Å². The van der Waals surface area contributed by atoms with Crippen LogP contribution < -0.4 is 0 Å². The van der Waals surface area contributed by atoms with Gasteiger partial charge >= 0.3 is 6.18 Å². The molecule has 21 heavy (non-hydrogen) atoms. The summed E-state index contributed by atoms with van der Waals surface area (Å²) in [5.41, 5.74) is -0.360. The fraction of sp³-hybridized carbons (Fsp3) is 0.375. The maximum atomic E-state index is 12.7. The van der Waals surface area contributed by atoms with Crippen molar-refractivity contribution in [2.45, 2.75) is 38.0 Å². The molecule has 1 unspecified atom stereocenters. The summed E-state index contributed by atoms with van der Waals surface area (Å²) in [5, 5.41) is 11.0. The van der Waals surface area contributed by atoms with E-state index in [4.69, 9.17) is 4.42 Å². The second kappa shape index (κ2) is 4.63. The van der Waals surface area contributed by atoms with Crippen LogP contribution in [0.5, 0.6) is 0 Å². The summed E-state index contributed by atoms with van der Waals surface area (Å²) in [6.45, 7) is 1.59. The number of halogens is 3. The minimum absolute atomic E-state index is 0.432. The van der Waals surface area contributed by atoms with Crippen LogP contribution >= 0.6 is 0 Å². The molecule has 0 spiro atoms. The summed E-state index contributed by atoms with van der Waals surface area (Å²) in [6.07, 6.45) is -0.910. The van der Waals surface area contributed by atoms with Gasteiger partial charge in [0.15, 0.2) is 0 Å². The van der Waals surface area contributed by atoms with Crippen molar-refractivity contribution in [2.75, 3.05) is 0 Å². The van der Waals surface area contributed by atoms with Gasteiger partial charge in [0.2, 0.25) is 0 Å². The number of aryl methyl sites for hydroxylation is 2. The Bertz CT molecular complexity index is 672. The molecule has 1 heterocycles. The van der Waals surface area contributed by atoms with Gasteiger partial charge in [-0.05, 0) is 49.1 Å².